The van der Waals surface area contributed by atoms with E-state index >= 15 is 0 Å². The van der Waals surface area contributed by atoms with Crippen LogP contribution in [0.5, 0.6) is 0 Å². The molecule has 1 amide bonds. The van der Waals surface area contributed by atoms with Gasteiger partial charge in [0.15, 0.2) is 0 Å². The fraction of sp³-hybridized carbons (Fsp3) is 0.444. The third kappa shape index (κ3) is 2.94. The molecule has 3 atom stereocenters. The van der Waals surface area contributed by atoms with Gasteiger partial charge in [0.2, 0.25) is 0 Å². The zero-order valence-electron chi connectivity index (χ0n) is 13.5. The number of nitrogens with zero attached hydrogens (tertiary/aromatic N) is 2. The van der Waals surface area contributed by atoms with Gasteiger partial charge in [0, 0.05) is 37.7 Å². The fourth-order valence-electron chi connectivity index (χ4n) is 3.44. The number of nitrogens with one attached hydrogen (secondary N) is 1. The highest BCUT2D eigenvalue weighted by molar-refractivity contribution is 5.95. The second-order valence-electron chi connectivity index (χ2n) is 6.64. The van der Waals surface area contributed by atoms with Crippen LogP contribution in [0.4, 0.5) is 4.39 Å². The van der Waals surface area contributed by atoms with Crippen molar-refractivity contribution in [3.63, 3.8) is 0 Å². The van der Waals surface area contributed by atoms with Crippen LogP contribution in [0.3, 0.4) is 0 Å². The summed E-state index contributed by atoms with van der Waals surface area (Å²) in [6.45, 7) is 1.33. The predicted molar refractivity (Wildman–Crippen MR) is 86.4 cm³/mol. The molecule has 2 aromatic rings. The number of benzene rings is 1. The van der Waals surface area contributed by atoms with Crippen molar-refractivity contribution in [2.75, 3.05) is 13.2 Å². The van der Waals surface area contributed by atoms with Gasteiger partial charge in [-0.05, 0) is 30.5 Å². The quantitative estimate of drug-likeness (QED) is 0.937. The summed E-state index contributed by atoms with van der Waals surface area (Å²) in [5.41, 5.74) is 2.38. The highest BCUT2D eigenvalue weighted by Crippen LogP contribution is 2.41. The Bertz CT molecular complexity index is 767. The average molecular weight is 329 g/mol. The minimum Gasteiger partial charge on any atom is -0.381 e. The first-order valence-electron chi connectivity index (χ1n) is 8.29. The van der Waals surface area contributed by atoms with Gasteiger partial charge in [-0.3, -0.25) is 9.48 Å². The van der Waals surface area contributed by atoms with Crippen LogP contribution in [0.1, 0.15) is 46.3 Å². The van der Waals surface area contributed by atoms with E-state index in [2.05, 4.69) is 10.4 Å². The lowest BCUT2D eigenvalue weighted by Crippen LogP contribution is -2.27. The molecular weight excluding hydrogens is 309 g/mol. The zero-order valence-corrected chi connectivity index (χ0v) is 13.5. The smallest absolute Gasteiger partial charge is 0.255 e. The van der Waals surface area contributed by atoms with Crippen LogP contribution in [0.25, 0.3) is 0 Å². The maximum Gasteiger partial charge on any atom is 0.255 e. The van der Waals surface area contributed by atoms with Crippen LogP contribution in [0, 0.1) is 5.82 Å². The zero-order chi connectivity index (χ0) is 16.7. The maximum absolute atomic E-state index is 13.3. The Labute approximate surface area is 139 Å². The van der Waals surface area contributed by atoms with Crippen molar-refractivity contribution in [3.05, 3.63) is 53.1 Å². The monoisotopic (exact) mass is 329 g/mol. The van der Waals surface area contributed by atoms with Gasteiger partial charge in [-0.15, -0.1) is 0 Å². The lowest BCUT2D eigenvalue weighted by Gasteiger charge is -2.08. The fourth-order valence-corrected chi connectivity index (χ4v) is 3.44. The van der Waals surface area contributed by atoms with E-state index in [4.69, 9.17) is 4.74 Å². The van der Waals surface area contributed by atoms with Crippen LogP contribution in [0.2, 0.25) is 0 Å². The molecule has 6 heteroatoms. The van der Waals surface area contributed by atoms with Crippen molar-refractivity contribution in [1.29, 1.82) is 0 Å². The van der Waals surface area contributed by atoms with E-state index in [0.717, 1.165) is 24.1 Å². The number of hydrogen-bond donors (Lipinski definition) is 1. The Morgan fingerprint density at radius 2 is 2.33 bits per heavy atom. The summed E-state index contributed by atoms with van der Waals surface area (Å²) in [4.78, 5) is 12.7. The Morgan fingerprint density at radius 1 is 1.46 bits per heavy atom. The lowest BCUT2D eigenvalue weighted by molar-refractivity contribution is 0.0948. The van der Waals surface area contributed by atoms with Crippen molar-refractivity contribution in [1.82, 2.24) is 15.1 Å². The van der Waals surface area contributed by atoms with Crippen LogP contribution >= 0.6 is 0 Å². The molecule has 1 aliphatic carbocycles. The summed E-state index contributed by atoms with van der Waals surface area (Å²) >= 11 is 0. The largest absolute Gasteiger partial charge is 0.381 e. The van der Waals surface area contributed by atoms with Crippen molar-refractivity contribution in [2.24, 2.45) is 7.05 Å². The van der Waals surface area contributed by atoms with E-state index in [0.29, 0.717) is 18.8 Å². The van der Waals surface area contributed by atoms with Gasteiger partial charge in [-0.1, -0.05) is 12.1 Å². The van der Waals surface area contributed by atoms with Crippen LogP contribution in [-0.2, 0) is 11.8 Å². The molecule has 2 heterocycles. The minimum absolute atomic E-state index is 0.0622. The molecule has 0 unspecified atom stereocenters. The van der Waals surface area contributed by atoms with E-state index in [1.807, 2.05) is 13.1 Å². The molecule has 1 N–H and O–H groups in total. The van der Waals surface area contributed by atoms with Gasteiger partial charge < -0.3 is 10.1 Å². The maximum atomic E-state index is 13.3. The highest BCUT2D eigenvalue weighted by Gasteiger charge is 2.40. The van der Waals surface area contributed by atoms with Crippen molar-refractivity contribution < 1.29 is 13.9 Å². The molecule has 2 fully saturated rings. The van der Waals surface area contributed by atoms with Gasteiger partial charge in [0.25, 0.3) is 5.91 Å². The minimum atomic E-state index is -0.236. The normalized spacial score (nSPS) is 25.7. The molecule has 1 saturated carbocycles. The van der Waals surface area contributed by atoms with Gasteiger partial charge in [-0.25, -0.2) is 4.39 Å². The lowest BCUT2D eigenvalue weighted by atomic mass is 10.0. The number of amides is 1. The molecule has 1 aliphatic heterocycles. The Hall–Kier alpha value is -2.21. The molecule has 0 spiro atoms. The molecule has 4 rings (SSSR count). The number of rotatable bonds is 4. The molecule has 5 nitrogen and oxygen atoms in total. The average Bonchev–Trinajstić information content (AvgIpc) is 2.97. The van der Waals surface area contributed by atoms with E-state index in [-0.39, 0.29) is 29.6 Å². The van der Waals surface area contributed by atoms with Gasteiger partial charge in [-0.2, -0.15) is 5.10 Å². The summed E-state index contributed by atoms with van der Waals surface area (Å²) in [6.07, 6.45) is 3.51. The summed E-state index contributed by atoms with van der Waals surface area (Å²) in [7, 11) is 1.82. The van der Waals surface area contributed by atoms with Crippen molar-refractivity contribution in [2.45, 2.75) is 30.7 Å². The number of carbonyl (C=O) groups excluding carboxylic acids is 1. The Kier molecular flexibility index (Phi) is 3.84. The number of carbonyl (C=O) groups is 1. The van der Waals surface area contributed by atoms with Crippen molar-refractivity contribution in [3.8, 4) is 0 Å². The molecule has 1 aromatic carbocycles. The molecule has 1 saturated heterocycles. The summed E-state index contributed by atoms with van der Waals surface area (Å²) in [5.74, 6) is 0.0407. The first kappa shape index (κ1) is 15.3. The second kappa shape index (κ2) is 6.02. The summed E-state index contributed by atoms with van der Waals surface area (Å²) in [6, 6.07) is 6.66. The SMILES string of the molecule is Cn1cc(C(=O)N[C@@H]2C[C@H]2c2cccc(F)c2)c([C@H]2CCOC2)n1. The highest BCUT2D eigenvalue weighted by atomic mass is 19.1. The third-order valence-electron chi connectivity index (χ3n) is 4.80. The number of ether oxygens (including phenoxy) is 1. The van der Waals surface area contributed by atoms with Gasteiger partial charge in [0.1, 0.15) is 5.82 Å². The number of aromatic nitrogens is 2. The first-order chi connectivity index (χ1) is 11.6. The predicted octanol–water partition coefficient (Wildman–Crippen LogP) is 2.35. The molecular formula is C18H20FN3O2. The van der Waals surface area contributed by atoms with E-state index in [1.54, 1.807) is 23.0 Å². The molecule has 126 valence electrons. The molecule has 24 heavy (non-hydrogen) atoms. The number of halogens is 1. The van der Waals surface area contributed by atoms with Crippen LogP contribution in [-0.4, -0.2) is 34.9 Å². The van der Waals surface area contributed by atoms with Gasteiger partial charge >= 0.3 is 0 Å². The topological polar surface area (TPSA) is 56.2 Å². The molecule has 0 radical (unpaired) electrons. The van der Waals surface area contributed by atoms with Crippen LogP contribution < -0.4 is 5.32 Å². The van der Waals surface area contributed by atoms with E-state index in [9.17, 15) is 9.18 Å². The molecule has 2 aliphatic rings. The van der Waals surface area contributed by atoms with Gasteiger partial charge in [0.05, 0.1) is 17.9 Å². The first-order valence-corrected chi connectivity index (χ1v) is 8.29. The third-order valence-corrected chi connectivity index (χ3v) is 4.80. The molecule has 0 bridgehead atoms. The Morgan fingerprint density at radius 3 is 3.08 bits per heavy atom. The Balaban J connectivity index is 1.46. The summed E-state index contributed by atoms with van der Waals surface area (Å²) in [5, 5.41) is 7.52. The van der Waals surface area contributed by atoms with E-state index in [1.165, 1.54) is 6.07 Å². The summed E-state index contributed by atoms with van der Waals surface area (Å²) < 4.78 is 20.4. The van der Waals surface area contributed by atoms with Crippen LogP contribution in [0.15, 0.2) is 30.5 Å². The number of hydrogen-bond acceptors (Lipinski definition) is 3. The van der Waals surface area contributed by atoms with Crippen molar-refractivity contribution >= 4 is 5.91 Å². The number of aryl methyl sites for hydroxylation is 1. The molecule has 1 aromatic heterocycles. The van der Waals surface area contributed by atoms with E-state index < -0.39 is 0 Å². The second-order valence-corrected chi connectivity index (χ2v) is 6.64. The standard InChI is InChI=1S/C18H20FN3O2/c1-22-9-15(17(21-22)12-5-6-24-10-12)18(23)20-16-8-14(16)11-3-2-4-13(19)7-11/h2-4,7,9,12,14,16H,5-6,8,10H2,1H3,(H,20,23)/t12-,14-,16+/m0/s1.